The van der Waals surface area contributed by atoms with Crippen LogP contribution in [0, 0.1) is 5.92 Å². The first-order chi connectivity index (χ1) is 8.06. The number of hydrogen-bond acceptors (Lipinski definition) is 3. The summed E-state index contributed by atoms with van der Waals surface area (Å²) in [6, 6.07) is 0.0933. The normalized spacial score (nSPS) is 38.1. The molecule has 4 heteroatoms. The number of carbonyl (C=O) groups is 1. The van der Waals surface area contributed by atoms with Crippen LogP contribution in [0.4, 0.5) is 0 Å². The van der Waals surface area contributed by atoms with Gasteiger partial charge in [0.2, 0.25) is 5.91 Å². The number of nitrogens with zero attached hydrogens (tertiary/aromatic N) is 1. The summed E-state index contributed by atoms with van der Waals surface area (Å²) in [5.41, 5.74) is -0.729. The van der Waals surface area contributed by atoms with Gasteiger partial charge in [-0.1, -0.05) is 6.58 Å². The molecule has 0 radical (unpaired) electrons. The molecule has 4 nitrogen and oxygen atoms in total. The van der Waals surface area contributed by atoms with Gasteiger partial charge in [0.25, 0.3) is 0 Å². The number of rotatable bonds is 2. The van der Waals surface area contributed by atoms with Crippen LogP contribution in [0.5, 0.6) is 0 Å². The molecule has 2 fully saturated rings. The van der Waals surface area contributed by atoms with Crippen molar-refractivity contribution in [2.24, 2.45) is 5.92 Å². The van der Waals surface area contributed by atoms with Gasteiger partial charge < -0.3 is 14.7 Å². The smallest absolute Gasteiger partial charge is 0.246 e. The van der Waals surface area contributed by atoms with Crippen LogP contribution >= 0.6 is 0 Å². The highest BCUT2D eigenvalue weighted by atomic mass is 16.5. The highest BCUT2D eigenvalue weighted by Gasteiger charge is 2.44. The maximum Gasteiger partial charge on any atom is 0.246 e. The lowest BCUT2D eigenvalue weighted by molar-refractivity contribution is -0.141. The second-order valence-electron chi connectivity index (χ2n) is 5.23. The first-order valence-electron chi connectivity index (χ1n) is 6.29. The Hall–Kier alpha value is -0.870. The molecule has 2 saturated heterocycles. The van der Waals surface area contributed by atoms with Crippen LogP contribution in [-0.2, 0) is 9.53 Å². The fourth-order valence-electron chi connectivity index (χ4n) is 2.98. The molecule has 0 aromatic rings. The minimum atomic E-state index is -0.729. The Kier molecular flexibility index (Phi) is 3.54. The Morgan fingerprint density at radius 1 is 1.65 bits per heavy atom. The van der Waals surface area contributed by atoms with Gasteiger partial charge in [0.05, 0.1) is 12.2 Å². The van der Waals surface area contributed by atoms with Gasteiger partial charge >= 0.3 is 0 Å². The number of amides is 1. The molecule has 0 bridgehead atoms. The molecule has 3 unspecified atom stereocenters. The van der Waals surface area contributed by atoms with Gasteiger partial charge in [-0.2, -0.15) is 0 Å². The Morgan fingerprint density at radius 2 is 2.41 bits per heavy atom. The molecule has 3 atom stereocenters. The van der Waals surface area contributed by atoms with Crippen LogP contribution < -0.4 is 0 Å². The molecule has 0 aromatic heterocycles. The highest BCUT2D eigenvalue weighted by molar-refractivity contribution is 5.87. The number of aliphatic hydroxyl groups is 1. The highest BCUT2D eigenvalue weighted by Crippen LogP contribution is 2.35. The minimum Gasteiger partial charge on any atom is -0.390 e. The van der Waals surface area contributed by atoms with Crippen molar-refractivity contribution in [3.05, 3.63) is 12.7 Å². The zero-order valence-electron chi connectivity index (χ0n) is 10.4. The molecule has 2 aliphatic heterocycles. The molecule has 2 rings (SSSR count). The number of likely N-dealkylation sites (tertiary alicyclic amines) is 1. The summed E-state index contributed by atoms with van der Waals surface area (Å²) in [7, 11) is 0. The first kappa shape index (κ1) is 12.6. The van der Waals surface area contributed by atoms with Crippen molar-refractivity contribution in [2.45, 2.75) is 37.8 Å². The van der Waals surface area contributed by atoms with E-state index < -0.39 is 5.60 Å². The lowest BCUT2D eigenvalue weighted by Gasteiger charge is -2.43. The van der Waals surface area contributed by atoms with Gasteiger partial charge in [0, 0.05) is 25.1 Å². The summed E-state index contributed by atoms with van der Waals surface area (Å²) in [6.45, 7) is 7.30. The topological polar surface area (TPSA) is 49.8 Å². The van der Waals surface area contributed by atoms with Gasteiger partial charge in [0.15, 0.2) is 0 Å². The molecule has 0 saturated carbocycles. The first-order valence-corrected chi connectivity index (χ1v) is 6.29. The molecule has 1 N–H and O–H groups in total. The van der Waals surface area contributed by atoms with E-state index >= 15 is 0 Å². The van der Waals surface area contributed by atoms with Crippen LogP contribution in [0.25, 0.3) is 0 Å². The Labute approximate surface area is 102 Å². The summed E-state index contributed by atoms with van der Waals surface area (Å²) in [5.74, 6) is -0.0171. The third-order valence-electron chi connectivity index (χ3n) is 4.07. The molecule has 17 heavy (non-hydrogen) atoms. The summed E-state index contributed by atoms with van der Waals surface area (Å²) in [6.07, 6.45) is 3.95. The van der Waals surface area contributed by atoms with E-state index in [-0.39, 0.29) is 17.9 Å². The molecule has 2 heterocycles. The van der Waals surface area contributed by atoms with Crippen molar-refractivity contribution in [3.63, 3.8) is 0 Å². The van der Waals surface area contributed by atoms with E-state index in [0.29, 0.717) is 19.6 Å². The van der Waals surface area contributed by atoms with E-state index in [2.05, 4.69) is 6.58 Å². The third kappa shape index (κ3) is 2.38. The lowest BCUT2D eigenvalue weighted by Crippen LogP contribution is -2.53. The predicted octanol–water partition coefficient (Wildman–Crippen LogP) is 0.951. The van der Waals surface area contributed by atoms with E-state index in [1.807, 2.05) is 11.8 Å². The molecule has 0 aliphatic carbocycles. The third-order valence-corrected chi connectivity index (χ3v) is 4.07. The largest absolute Gasteiger partial charge is 0.390 e. The number of ether oxygens (including phenoxy) is 1. The van der Waals surface area contributed by atoms with E-state index in [0.717, 1.165) is 19.4 Å². The summed E-state index contributed by atoms with van der Waals surface area (Å²) < 4.78 is 5.47. The number of carbonyl (C=O) groups excluding carboxylic acids is 1. The van der Waals surface area contributed by atoms with Gasteiger partial charge in [-0.15, -0.1) is 0 Å². The fraction of sp³-hybridized carbons (Fsp3) is 0.769. The van der Waals surface area contributed by atoms with Crippen molar-refractivity contribution in [3.8, 4) is 0 Å². The van der Waals surface area contributed by atoms with E-state index in [1.165, 1.54) is 6.08 Å². The van der Waals surface area contributed by atoms with E-state index in [1.54, 1.807) is 0 Å². The quantitative estimate of drug-likeness (QED) is 0.730. The van der Waals surface area contributed by atoms with Gasteiger partial charge in [0.1, 0.15) is 0 Å². The van der Waals surface area contributed by atoms with Gasteiger partial charge in [-0.3, -0.25) is 4.79 Å². The molecule has 0 aromatic carbocycles. The molecule has 1 amide bonds. The van der Waals surface area contributed by atoms with Crippen LogP contribution in [0.2, 0.25) is 0 Å². The van der Waals surface area contributed by atoms with Crippen molar-refractivity contribution in [2.75, 3.05) is 19.8 Å². The van der Waals surface area contributed by atoms with Crippen molar-refractivity contribution in [1.82, 2.24) is 4.90 Å². The molecule has 0 spiro atoms. The maximum absolute atomic E-state index is 11.8. The van der Waals surface area contributed by atoms with Crippen molar-refractivity contribution >= 4 is 5.91 Å². The summed E-state index contributed by atoms with van der Waals surface area (Å²) in [5, 5.41) is 10.4. The van der Waals surface area contributed by atoms with Gasteiger partial charge in [-0.25, -0.2) is 0 Å². The average molecular weight is 239 g/mol. The van der Waals surface area contributed by atoms with Crippen LogP contribution in [0.15, 0.2) is 12.7 Å². The SMILES string of the molecule is C=CC(=O)N1CCCC1C1COCCC1(C)O. The lowest BCUT2D eigenvalue weighted by atomic mass is 9.79. The molecule has 96 valence electrons. The summed E-state index contributed by atoms with van der Waals surface area (Å²) in [4.78, 5) is 13.6. The van der Waals surface area contributed by atoms with Crippen molar-refractivity contribution < 1.29 is 14.6 Å². The Bertz CT molecular complexity index is 314. The summed E-state index contributed by atoms with van der Waals surface area (Å²) >= 11 is 0. The zero-order chi connectivity index (χ0) is 12.5. The Balaban J connectivity index is 2.14. The Morgan fingerprint density at radius 3 is 3.06 bits per heavy atom. The second kappa shape index (κ2) is 4.78. The van der Waals surface area contributed by atoms with Crippen molar-refractivity contribution in [1.29, 1.82) is 0 Å². The molecular weight excluding hydrogens is 218 g/mol. The fourth-order valence-corrected chi connectivity index (χ4v) is 2.98. The maximum atomic E-state index is 11.8. The van der Waals surface area contributed by atoms with Crippen LogP contribution in [0.3, 0.4) is 0 Å². The van der Waals surface area contributed by atoms with Crippen LogP contribution in [0.1, 0.15) is 26.2 Å². The predicted molar refractivity (Wildman–Crippen MR) is 64.5 cm³/mol. The standard InChI is InChI=1S/C13H21NO3/c1-3-12(15)14-7-4-5-11(14)10-9-17-8-6-13(10,2)16/h3,10-11,16H,1,4-9H2,2H3. The molecule has 2 aliphatic rings. The monoisotopic (exact) mass is 239 g/mol. The van der Waals surface area contributed by atoms with Crippen LogP contribution in [-0.4, -0.2) is 47.3 Å². The number of hydrogen-bond donors (Lipinski definition) is 1. The van der Waals surface area contributed by atoms with E-state index in [9.17, 15) is 9.90 Å². The van der Waals surface area contributed by atoms with E-state index in [4.69, 9.17) is 4.74 Å². The zero-order valence-corrected chi connectivity index (χ0v) is 10.4. The van der Waals surface area contributed by atoms with Gasteiger partial charge in [-0.05, 0) is 32.3 Å². The minimum absolute atomic E-state index is 0.0163. The molecular formula is C13H21NO3. The second-order valence-corrected chi connectivity index (χ2v) is 5.23. The average Bonchev–Trinajstić information content (AvgIpc) is 2.76.